The van der Waals surface area contributed by atoms with E-state index >= 15 is 0 Å². The van der Waals surface area contributed by atoms with Crippen molar-refractivity contribution in [1.29, 1.82) is 0 Å². The van der Waals surface area contributed by atoms with Crippen LogP contribution >= 0.6 is 11.6 Å². The summed E-state index contributed by atoms with van der Waals surface area (Å²) in [6.45, 7) is 2.60. The van der Waals surface area contributed by atoms with E-state index in [2.05, 4.69) is 10.4 Å². The van der Waals surface area contributed by atoms with Gasteiger partial charge >= 0.3 is 6.03 Å². The van der Waals surface area contributed by atoms with Crippen molar-refractivity contribution in [3.05, 3.63) is 47.7 Å². The third-order valence-corrected chi connectivity index (χ3v) is 4.35. The average molecular weight is 349 g/mol. The molecule has 1 aliphatic rings. The molecule has 0 bridgehead atoms. The van der Waals surface area contributed by atoms with Gasteiger partial charge in [-0.25, -0.2) is 4.79 Å². The van der Waals surface area contributed by atoms with Crippen LogP contribution in [-0.2, 0) is 6.54 Å². The molecule has 1 aliphatic heterocycles. The number of piperidine rings is 1. The lowest BCUT2D eigenvalue weighted by molar-refractivity contribution is 0.111. The minimum Gasteiger partial charge on any atom is -0.489 e. The molecule has 1 N–H and O–H groups in total. The third kappa shape index (κ3) is 4.41. The van der Waals surface area contributed by atoms with Crippen LogP contribution in [0, 0.1) is 0 Å². The molecule has 3 rings (SSSR count). The van der Waals surface area contributed by atoms with Crippen molar-refractivity contribution in [2.75, 3.05) is 19.6 Å². The van der Waals surface area contributed by atoms with Crippen LogP contribution in [0.25, 0.3) is 0 Å². The van der Waals surface area contributed by atoms with Crippen LogP contribution in [-0.4, -0.2) is 46.4 Å². The largest absolute Gasteiger partial charge is 0.489 e. The van der Waals surface area contributed by atoms with E-state index in [1.165, 1.54) is 0 Å². The molecule has 1 aromatic carbocycles. The monoisotopic (exact) mass is 348 g/mol. The smallest absolute Gasteiger partial charge is 0.317 e. The van der Waals surface area contributed by atoms with Crippen LogP contribution in [0.5, 0.6) is 5.75 Å². The van der Waals surface area contributed by atoms with Crippen molar-refractivity contribution in [1.82, 2.24) is 20.0 Å². The predicted molar refractivity (Wildman–Crippen MR) is 92.3 cm³/mol. The van der Waals surface area contributed by atoms with E-state index in [0.29, 0.717) is 37.0 Å². The second-order valence-electron chi connectivity index (χ2n) is 5.74. The highest BCUT2D eigenvalue weighted by atomic mass is 35.5. The quantitative estimate of drug-likeness (QED) is 0.903. The molecular weight excluding hydrogens is 328 g/mol. The van der Waals surface area contributed by atoms with Gasteiger partial charge in [0.2, 0.25) is 0 Å². The second-order valence-corrected chi connectivity index (χ2v) is 6.14. The van der Waals surface area contributed by atoms with Crippen molar-refractivity contribution in [2.45, 2.75) is 25.5 Å². The number of amides is 2. The number of hydrogen-bond donors (Lipinski definition) is 1. The van der Waals surface area contributed by atoms with Gasteiger partial charge in [-0.1, -0.05) is 23.7 Å². The lowest BCUT2D eigenvalue weighted by Gasteiger charge is -2.32. The molecule has 2 aromatic rings. The first kappa shape index (κ1) is 16.6. The fourth-order valence-electron chi connectivity index (χ4n) is 2.72. The van der Waals surface area contributed by atoms with Crippen molar-refractivity contribution in [2.24, 2.45) is 0 Å². The van der Waals surface area contributed by atoms with E-state index in [9.17, 15) is 4.79 Å². The highest BCUT2D eigenvalue weighted by Gasteiger charge is 2.24. The average Bonchev–Trinajstić information content (AvgIpc) is 3.11. The Morgan fingerprint density at radius 1 is 1.29 bits per heavy atom. The van der Waals surface area contributed by atoms with Gasteiger partial charge in [-0.3, -0.25) is 4.68 Å². The number of hydrogen-bond acceptors (Lipinski definition) is 3. The Morgan fingerprint density at radius 2 is 2.08 bits per heavy atom. The number of halogens is 1. The first-order chi connectivity index (χ1) is 11.7. The summed E-state index contributed by atoms with van der Waals surface area (Å²) in [6.07, 6.45) is 5.31. The van der Waals surface area contributed by atoms with Gasteiger partial charge in [-0.2, -0.15) is 5.10 Å². The van der Waals surface area contributed by atoms with E-state index in [1.54, 1.807) is 10.9 Å². The van der Waals surface area contributed by atoms with E-state index in [4.69, 9.17) is 16.3 Å². The predicted octanol–water partition coefficient (Wildman–Crippen LogP) is 2.79. The second kappa shape index (κ2) is 8.06. The van der Waals surface area contributed by atoms with Gasteiger partial charge < -0.3 is 15.0 Å². The topological polar surface area (TPSA) is 59.4 Å². The zero-order chi connectivity index (χ0) is 16.8. The summed E-state index contributed by atoms with van der Waals surface area (Å²) in [5.74, 6) is 0.710. The first-order valence-corrected chi connectivity index (χ1v) is 8.51. The summed E-state index contributed by atoms with van der Waals surface area (Å²) in [7, 11) is 0. The Kier molecular flexibility index (Phi) is 5.59. The van der Waals surface area contributed by atoms with Crippen molar-refractivity contribution < 1.29 is 9.53 Å². The number of aromatic nitrogens is 2. The molecule has 2 amide bonds. The number of para-hydroxylation sites is 1. The van der Waals surface area contributed by atoms with Crippen molar-refractivity contribution in [3.8, 4) is 5.75 Å². The van der Waals surface area contributed by atoms with Gasteiger partial charge in [0.25, 0.3) is 0 Å². The number of carbonyl (C=O) groups is 1. The van der Waals surface area contributed by atoms with Crippen LogP contribution < -0.4 is 10.1 Å². The third-order valence-electron chi connectivity index (χ3n) is 4.04. The summed E-state index contributed by atoms with van der Waals surface area (Å²) < 4.78 is 7.74. The summed E-state index contributed by atoms with van der Waals surface area (Å²) in [4.78, 5) is 14.0. The molecule has 2 heterocycles. The molecule has 0 spiro atoms. The number of urea groups is 1. The molecular formula is C17H21ClN4O2. The Bertz CT molecular complexity index is 654. The molecule has 24 heavy (non-hydrogen) atoms. The molecule has 1 fully saturated rings. The highest BCUT2D eigenvalue weighted by Crippen LogP contribution is 2.26. The standard InChI is InChI=1S/C17H21ClN4O2/c18-15-4-1-2-5-16(15)24-14-6-11-21(12-7-14)17(23)19-9-13-22-10-3-8-20-22/h1-5,8,10,14H,6-7,9,11-13H2,(H,19,23). The maximum Gasteiger partial charge on any atom is 0.317 e. The van der Waals surface area contributed by atoms with Crippen molar-refractivity contribution in [3.63, 3.8) is 0 Å². The normalized spacial score (nSPS) is 15.3. The molecule has 0 saturated carbocycles. The van der Waals surface area contributed by atoms with Crippen LogP contribution in [0.4, 0.5) is 4.79 Å². The molecule has 1 saturated heterocycles. The van der Waals surface area contributed by atoms with Crippen LogP contribution in [0.2, 0.25) is 5.02 Å². The summed E-state index contributed by atoms with van der Waals surface area (Å²) in [5.41, 5.74) is 0. The van der Waals surface area contributed by atoms with Gasteiger partial charge in [0.05, 0.1) is 11.6 Å². The summed E-state index contributed by atoms with van der Waals surface area (Å²) >= 11 is 6.12. The molecule has 0 unspecified atom stereocenters. The Balaban J connectivity index is 1.39. The van der Waals surface area contributed by atoms with Crippen LogP contribution in [0.15, 0.2) is 42.7 Å². The van der Waals surface area contributed by atoms with Crippen molar-refractivity contribution >= 4 is 17.6 Å². The lowest BCUT2D eigenvalue weighted by atomic mass is 10.1. The molecule has 0 aliphatic carbocycles. The van der Waals surface area contributed by atoms with Gasteiger partial charge in [-0.15, -0.1) is 0 Å². The van der Waals surface area contributed by atoms with Gasteiger partial charge in [-0.05, 0) is 18.2 Å². The van der Waals surface area contributed by atoms with E-state index < -0.39 is 0 Å². The van der Waals surface area contributed by atoms with E-state index in [0.717, 1.165) is 12.8 Å². The molecule has 0 atom stereocenters. The lowest BCUT2D eigenvalue weighted by Crippen LogP contribution is -2.47. The molecule has 128 valence electrons. The van der Waals surface area contributed by atoms with E-state index in [1.807, 2.05) is 41.4 Å². The zero-order valence-electron chi connectivity index (χ0n) is 13.4. The first-order valence-electron chi connectivity index (χ1n) is 8.14. The Morgan fingerprint density at radius 3 is 2.79 bits per heavy atom. The minimum atomic E-state index is -0.0293. The van der Waals surface area contributed by atoms with E-state index in [-0.39, 0.29) is 12.1 Å². The number of nitrogens with zero attached hydrogens (tertiary/aromatic N) is 3. The Labute approximate surface area is 146 Å². The summed E-state index contributed by atoms with van der Waals surface area (Å²) in [5, 5.41) is 7.66. The van der Waals surface area contributed by atoms with Gasteiger partial charge in [0.1, 0.15) is 11.9 Å². The highest BCUT2D eigenvalue weighted by molar-refractivity contribution is 6.32. The number of likely N-dealkylation sites (tertiary alicyclic amines) is 1. The van der Waals surface area contributed by atoms with Crippen LogP contribution in [0.3, 0.4) is 0 Å². The number of carbonyl (C=O) groups excluding carboxylic acids is 1. The fraction of sp³-hybridized carbons (Fsp3) is 0.412. The number of rotatable bonds is 5. The maximum absolute atomic E-state index is 12.2. The number of benzene rings is 1. The Hall–Kier alpha value is -2.21. The minimum absolute atomic E-state index is 0.0293. The molecule has 6 nitrogen and oxygen atoms in total. The van der Waals surface area contributed by atoms with Gasteiger partial charge in [0.15, 0.2) is 0 Å². The SMILES string of the molecule is O=C(NCCn1cccn1)N1CCC(Oc2ccccc2Cl)CC1. The molecule has 7 heteroatoms. The number of ether oxygens (including phenoxy) is 1. The van der Waals surface area contributed by atoms with Crippen LogP contribution in [0.1, 0.15) is 12.8 Å². The van der Waals surface area contributed by atoms with Gasteiger partial charge in [0, 0.05) is 44.9 Å². The summed E-state index contributed by atoms with van der Waals surface area (Å²) in [6, 6.07) is 9.31. The zero-order valence-corrected chi connectivity index (χ0v) is 14.2. The molecule has 0 radical (unpaired) electrons. The maximum atomic E-state index is 12.2. The number of nitrogens with one attached hydrogen (secondary N) is 1. The fourth-order valence-corrected chi connectivity index (χ4v) is 2.90. The molecule has 1 aromatic heterocycles.